The molecule has 0 aliphatic carbocycles. The number of amides is 2. The number of likely N-dealkylation sites (tertiary alicyclic amines) is 1. The van der Waals surface area contributed by atoms with Gasteiger partial charge in [0.05, 0.1) is 17.5 Å². The summed E-state index contributed by atoms with van der Waals surface area (Å²) < 4.78 is 13.8. The molecule has 5 nitrogen and oxygen atoms in total. The molecule has 3 rings (SSSR count). The number of nitrogens with zero attached hydrogens (tertiary/aromatic N) is 2. The van der Waals surface area contributed by atoms with Crippen molar-refractivity contribution < 1.29 is 14.0 Å². The first-order valence-electron chi connectivity index (χ1n) is 10.4. The molecule has 0 saturated carbocycles. The molecule has 7 heteroatoms. The average Bonchev–Trinajstić information content (AvgIpc) is 3.11. The van der Waals surface area contributed by atoms with Crippen molar-refractivity contribution in [2.45, 2.75) is 50.2 Å². The van der Waals surface area contributed by atoms with E-state index in [4.69, 9.17) is 11.6 Å². The Kier molecular flexibility index (Phi) is 7.32. The lowest BCUT2D eigenvalue weighted by Crippen LogP contribution is -2.57. The summed E-state index contributed by atoms with van der Waals surface area (Å²) in [5, 5.41) is 2.92. The van der Waals surface area contributed by atoms with Gasteiger partial charge in [0.1, 0.15) is 5.82 Å². The van der Waals surface area contributed by atoms with Crippen LogP contribution < -0.4 is 5.32 Å². The van der Waals surface area contributed by atoms with Gasteiger partial charge in [-0.15, -0.1) is 13.2 Å². The lowest BCUT2D eigenvalue weighted by atomic mass is 9.87. The summed E-state index contributed by atoms with van der Waals surface area (Å²) in [7, 11) is 0. The lowest BCUT2D eigenvalue weighted by molar-refractivity contribution is -0.141. The molecule has 1 N–H and O–H groups in total. The van der Waals surface area contributed by atoms with E-state index in [-0.39, 0.29) is 28.8 Å². The molecule has 0 aromatic heterocycles. The van der Waals surface area contributed by atoms with Crippen LogP contribution in [0.1, 0.15) is 37.7 Å². The number of piperazine rings is 1. The maximum absolute atomic E-state index is 13.8. The third kappa shape index (κ3) is 4.76. The van der Waals surface area contributed by atoms with Crippen molar-refractivity contribution >= 4 is 23.4 Å². The van der Waals surface area contributed by atoms with Crippen molar-refractivity contribution in [3.8, 4) is 0 Å². The van der Waals surface area contributed by atoms with Crippen molar-refractivity contribution in [2.75, 3.05) is 19.6 Å². The molecule has 1 aromatic rings. The van der Waals surface area contributed by atoms with E-state index in [1.165, 1.54) is 12.1 Å². The fourth-order valence-corrected chi connectivity index (χ4v) is 4.81. The minimum atomic E-state index is -0.587. The molecule has 2 saturated heterocycles. The number of benzene rings is 1. The van der Waals surface area contributed by atoms with E-state index < -0.39 is 11.9 Å². The fourth-order valence-electron chi connectivity index (χ4n) is 4.69. The highest BCUT2D eigenvalue weighted by Crippen LogP contribution is 2.37. The number of hydrogen-bond acceptors (Lipinski definition) is 3. The summed E-state index contributed by atoms with van der Waals surface area (Å²) in [4.78, 5) is 29.8. The number of halogens is 2. The Morgan fingerprint density at radius 1 is 1.30 bits per heavy atom. The summed E-state index contributed by atoms with van der Waals surface area (Å²) >= 11 is 5.78. The molecule has 2 heterocycles. The Labute approximate surface area is 182 Å². The molecule has 0 spiro atoms. The van der Waals surface area contributed by atoms with Gasteiger partial charge in [0, 0.05) is 31.7 Å². The number of carbonyl (C=O) groups is 2. The van der Waals surface area contributed by atoms with Gasteiger partial charge in [-0.05, 0) is 43.4 Å². The first kappa shape index (κ1) is 22.5. The third-order valence-corrected chi connectivity index (χ3v) is 6.43. The predicted molar refractivity (Wildman–Crippen MR) is 117 cm³/mol. The zero-order valence-corrected chi connectivity index (χ0v) is 18.0. The molecule has 0 bridgehead atoms. The Bertz CT molecular complexity index is 819. The molecule has 2 aliphatic rings. The summed E-state index contributed by atoms with van der Waals surface area (Å²) in [6.45, 7) is 9.87. The summed E-state index contributed by atoms with van der Waals surface area (Å²) in [6, 6.07) is 4.06. The molecule has 30 heavy (non-hydrogen) atoms. The van der Waals surface area contributed by atoms with Gasteiger partial charge in [-0.25, -0.2) is 4.39 Å². The Hall–Kier alpha value is -2.18. The molecule has 0 radical (unpaired) electrons. The van der Waals surface area contributed by atoms with Gasteiger partial charge in [-0.3, -0.25) is 14.5 Å². The monoisotopic (exact) mass is 433 g/mol. The lowest BCUT2D eigenvalue weighted by Gasteiger charge is -2.40. The van der Waals surface area contributed by atoms with Crippen LogP contribution in [0.25, 0.3) is 0 Å². The van der Waals surface area contributed by atoms with Crippen LogP contribution in [0.3, 0.4) is 0 Å². The first-order chi connectivity index (χ1) is 14.4. The van der Waals surface area contributed by atoms with Crippen LogP contribution in [0.4, 0.5) is 4.39 Å². The standard InChI is InChI=1S/C23H29ClFN3O2/c1-3-8-23(9-4-2)10-5-12-28(23)21(29)15-20-22(30)26-11-13-27(20)16-17-6-7-18(24)19(25)14-17/h3-4,6-7,14,20H,1-2,5,8-13,15-16H2,(H,26,30). The van der Waals surface area contributed by atoms with E-state index >= 15 is 0 Å². The second-order valence-corrected chi connectivity index (χ2v) is 8.50. The Balaban J connectivity index is 1.76. The SMILES string of the molecule is C=CCC1(CC=C)CCCN1C(=O)CC1C(=O)NCCN1Cc1ccc(Cl)c(F)c1. The zero-order chi connectivity index (χ0) is 21.7. The fraction of sp³-hybridized carbons (Fsp3) is 0.478. The minimum absolute atomic E-state index is 0.0365. The van der Waals surface area contributed by atoms with Crippen LogP contribution >= 0.6 is 11.6 Å². The largest absolute Gasteiger partial charge is 0.353 e. The highest BCUT2D eigenvalue weighted by Gasteiger charge is 2.43. The number of nitrogens with one attached hydrogen (secondary N) is 1. The van der Waals surface area contributed by atoms with Gasteiger partial charge in [-0.1, -0.05) is 29.8 Å². The molecule has 1 atom stereocenters. The normalized spacial score (nSPS) is 21.3. The molecule has 1 aromatic carbocycles. The number of hydrogen-bond donors (Lipinski definition) is 1. The van der Waals surface area contributed by atoms with E-state index in [2.05, 4.69) is 18.5 Å². The van der Waals surface area contributed by atoms with Crippen LogP contribution in [0.15, 0.2) is 43.5 Å². The second-order valence-electron chi connectivity index (χ2n) is 8.09. The maximum atomic E-state index is 13.8. The van der Waals surface area contributed by atoms with Gasteiger partial charge in [0.25, 0.3) is 0 Å². The quantitative estimate of drug-likeness (QED) is 0.636. The molecule has 162 valence electrons. The van der Waals surface area contributed by atoms with Gasteiger partial charge in [0.2, 0.25) is 11.8 Å². The van der Waals surface area contributed by atoms with E-state index in [0.717, 1.165) is 18.4 Å². The van der Waals surface area contributed by atoms with Crippen molar-refractivity contribution in [2.24, 2.45) is 0 Å². The summed E-state index contributed by atoms with van der Waals surface area (Å²) in [5.74, 6) is -0.689. The Morgan fingerprint density at radius 2 is 2.03 bits per heavy atom. The smallest absolute Gasteiger partial charge is 0.237 e. The van der Waals surface area contributed by atoms with Gasteiger partial charge in [0.15, 0.2) is 0 Å². The third-order valence-electron chi connectivity index (χ3n) is 6.13. The number of rotatable bonds is 8. The summed E-state index contributed by atoms with van der Waals surface area (Å²) in [6.07, 6.45) is 7.04. The predicted octanol–water partition coefficient (Wildman–Crippen LogP) is 3.68. The van der Waals surface area contributed by atoms with Gasteiger partial charge < -0.3 is 10.2 Å². The molecule has 2 fully saturated rings. The number of carbonyl (C=O) groups excluding carboxylic acids is 2. The average molecular weight is 434 g/mol. The second kappa shape index (κ2) is 9.75. The van der Waals surface area contributed by atoms with Crippen LogP contribution in [-0.4, -0.2) is 52.8 Å². The van der Waals surface area contributed by atoms with E-state index in [9.17, 15) is 14.0 Å². The zero-order valence-electron chi connectivity index (χ0n) is 17.2. The van der Waals surface area contributed by atoms with E-state index in [1.807, 2.05) is 22.0 Å². The van der Waals surface area contributed by atoms with Gasteiger partial charge >= 0.3 is 0 Å². The molecule has 2 aliphatic heterocycles. The van der Waals surface area contributed by atoms with Crippen LogP contribution in [0.2, 0.25) is 5.02 Å². The van der Waals surface area contributed by atoms with Crippen LogP contribution in [-0.2, 0) is 16.1 Å². The van der Waals surface area contributed by atoms with Crippen molar-refractivity contribution in [1.82, 2.24) is 15.1 Å². The van der Waals surface area contributed by atoms with E-state index in [1.54, 1.807) is 6.07 Å². The molecular formula is C23H29ClFN3O2. The van der Waals surface area contributed by atoms with E-state index in [0.29, 0.717) is 39.0 Å². The van der Waals surface area contributed by atoms with Crippen LogP contribution in [0, 0.1) is 5.82 Å². The minimum Gasteiger partial charge on any atom is -0.353 e. The van der Waals surface area contributed by atoms with Crippen molar-refractivity contribution in [3.05, 3.63) is 59.9 Å². The Morgan fingerprint density at radius 3 is 2.70 bits per heavy atom. The summed E-state index contributed by atoms with van der Waals surface area (Å²) in [5.41, 5.74) is 0.424. The van der Waals surface area contributed by atoms with Crippen molar-refractivity contribution in [3.63, 3.8) is 0 Å². The molecule has 2 amide bonds. The van der Waals surface area contributed by atoms with Crippen molar-refractivity contribution in [1.29, 1.82) is 0 Å². The maximum Gasteiger partial charge on any atom is 0.237 e. The topological polar surface area (TPSA) is 52.7 Å². The highest BCUT2D eigenvalue weighted by atomic mass is 35.5. The molecular weight excluding hydrogens is 405 g/mol. The van der Waals surface area contributed by atoms with Crippen LogP contribution in [0.5, 0.6) is 0 Å². The molecule has 1 unspecified atom stereocenters. The highest BCUT2D eigenvalue weighted by molar-refractivity contribution is 6.30. The first-order valence-corrected chi connectivity index (χ1v) is 10.8. The van der Waals surface area contributed by atoms with Gasteiger partial charge in [-0.2, -0.15) is 0 Å².